The number of hydrogen-bond acceptors (Lipinski definition) is 7. The number of aromatic nitrogens is 2. The van der Waals surface area contributed by atoms with Gasteiger partial charge in [0.1, 0.15) is 5.75 Å². The highest BCUT2D eigenvalue weighted by Crippen LogP contribution is 2.33. The summed E-state index contributed by atoms with van der Waals surface area (Å²) < 4.78 is 5.69. The van der Waals surface area contributed by atoms with Gasteiger partial charge >= 0.3 is 0 Å². The molecule has 1 saturated heterocycles. The van der Waals surface area contributed by atoms with Crippen LogP contribution in [0.15, 0.2) is 66.9 Å². The van der Waals surface area contributed by atoms with Crippen molar-refractivity contribution in [3.63, 3.8) is 0 Å². The average Bonchev–Trinajstić information content (AvgIpc) is 2.84. The second kappa shape index (κ2) is 8.96. The number of fused-ring (bicyclic) bond motifs is 1. The van der Waals surface area contributed by atoms with Crippen LogP contribution < -0.4 is 20.7 Å². The molecule has 0 atom stereocenters. The van der Waals surface area contributed by atoms with Crippen LogP contribution in [0.1, 0.15) is 0 Å². The first-order valence-electron chi connectivity index (χ1n) is 11.1. The fraction of sp³-hybridized carbons (Fsp3) is 0.231. The van der Waals surface area contributed by atoms with Crippen LogP contribution >= 0.6 is 0 Å². The van der Waals surface area contributed by atoms with E-state index in [0.717, 1.165) is 71.0 Å². The number of nitrogens with zero attached hydrogens (tertiary/aromatic N) is 4. The molecule has 0 amide bonds. The highest BCUT2D eigenvalue weighted by molar-refractivity contribution is 5.94. The molecule has 0 saturated carbocycles. The molecule has 0 radical (unpaired) electrons. The molecule has 0 unspecified atom stereocenters. The molecule has 1 aliphatic heterocycles. The second-order valence-corrected chi connectivity index (χ2v) is 8.36. The number of anilines is 4. The van der Waals surface area contributed by atoms with Gasteiger partial charge in [0.15, 0.2) is 0 Å². The highest BCUT2D eigenvalue weighted by atomic mass is 16.5. The summed E-state index contributed by atoms with van der Waals surface area (Å²) >= 11 is 0. The fourth-order valence-electron chi connectivity index (χ4n) is 4.22. The van der Waals surface area contributed by atoms with Crippen LogP contribution in [0, 0.1) is 0 Å². The zero-order valence-corrected chi connectivity index (χ0v) is 19.0. The first kappa shape index (κ1) is 21.0. The Hall–Kier alpha value is -3.84. The molecule has 0 aliphatic carbocycles. The van der Waals surface area contributed by atoms with E-state index in [-0.39, 0.29) is 0 Å². The predicted octanol–water partition coefficient (Wildman–Crippen LogP) is 4.38. The van der Waals surface area contributed by atoms with Crippen LogP contribution in [-0.4, -0.2) is 55.2 Å². The largest absolute Gasteiger partial charge is 0.494 e. The molecule has 3 aromatic carbocycles. The van der Waals surface area contributed by atoms with Crippen molar-refractivity contribution >= 4 is 33.9 Å². The molecule has 1 aliphatic rings. The van der Waals surface area contributed by atoms with Crippen molar-refractivity contribution in [1.82, 2.24) is 14.9 Å². The van der Waals surface area contributed by atoms with Gasteiger partial charge in [0.2, 0.25) is 5.95 Å². The van der Waals surface area contributed by atoms with Gasteiger partial charge in [-0.25, -0.2) is 9.97 Å². The Morgan fingerprint density at radius 3 is 2.58 bits per heavy atom. The number of nitrogen functional groups attached to an aromatic ring is 1. The zero-order chi connectivity index (χ0) is 22.8. The average molecular weight is 441 g/mol. The van der Waals surface area contributed by atoms with Crippen molar-refractivity contribution in [2.24, 2.45) is 0 Å². The van der Waals surface area contributed by atoms with E-state index in [2.05, 4.69) is 45.3 Å². The molecule has 7 heteroatoms. The summed E-state index contributed by atoms with van der Waals surface area (Å²) in [6, 6.07) is 20.2. The van der Waals surface area contributed by atoms with E-state index in [1.165, 1.54) is 0 Å². The van der Waals surface area contributed by atoms with E-state index in [1.807, 2.05) is 48.7 Å². The summed E-state index contributed by atoms with van der Waals surface area (Å²) in [6.07, 6.45) is 1.84. The number of hydrogen-bond donors (Lipinski definition) is 2. The third-order valence-corrected chi connectivity index (χ3v) is 6.11. The molecule has 0 bridgehead atoms. The fourth-order valence-corrected chi connectivity index (χ4v) is 4.22. The molecule has 0 spiro atoms. The zero-order valence-electron chi connectivity index (χ0n) is 19.0. The topological polar surface area (TPSA) is 79.5 Å². The summed E-state index contributed by atoms with van der Waals surface area (Å²) in [5.74, 6) is 1.28. The van der Waals surface area contributed by atoms with E-state index in [1.54, 1.807) is 7.11 Å². The Morgan fingerprint density at radius 2 is 1.79 bits per heavy atom. The van der Waals surface area contributed by atoms with Crippen LogP contribution in [0.5, 0.6) is 5.75 Å². The first-order chi connectivity index (χ1) is 16.1. The van der Waals surface area contributed by atoms with Gasteiger partial charge in [0.25, 0.3) is 0 Å². The lowest BCUT2D eigenvalue weighted by Crippen LogP contribution is -2.44. The lowest BCUT2D eigenvalue weighted by Gasteiger charge is -2.34. The van der Waals surface area contributed by atoms with Crippen LogP contribution in [0.4, 0.5) is 23.0 Å². The van der Waals surface area contributed by atoms with Crippen molar-refractivity contribution in [1.29, 1.82) is 0 Å². The van der Waals surface area contributed by atoms with Crippen LogP contribution in [0.2, 0.25) is 0 Å². The summed E-state index contributed by atoms with van der Waals surface area (Å²) in [5, 5.41) is 4.31. The van der Waals surface area contributed by atoms with Crippen molar-refractivity contribution in [2.45, 2.75) is 0 Å². The highest BCUT2D eigenvalue weighted by Gasteiger charge is 2.16. The lowest BCUT2D eigenvalue weighted by atomic mass is 10.0. The van der Waals surface area contributed by atoms with Gasteiger partial charge in [-0.3, -0.25) is 0 Å². The minimum atomic E-state index is 0.518. The second-order valence-electron chi connectivity index (χ2n) is 8.36. The van der Waals surface area contributed by atoms with Gasteiger partial charge in [0.05, 0.1) is 18.3 Å². The summed E-state index contributed by atoms with van der Waals surface area (Å²) in [5.41, 5.74) is 11.6. The number of likely N-dealkylation sites (N-methyl/N-ethyl adjacent to an activating group) is 1. The van der Waals surface area contributed by atoms with Crippen molar-refractivity contribution in [3.8, 4) is 16.9 Å². The van der Waals surface area contributed by atoms with Gasteiger partial charge in [-0.1, -0.05) is 30.3 Å². The SMILES string of the molecule is COc1cc(N2CCN(C)CC2)ccc1Nc1ncc2cccc(-c3cccc(N)c3)c2n1. The quantitative estimate of drug-likeness (QED) is 0.446. The molecule has 168 valence electrons. The summed E-state index contributed by atoms with van der Waals surface area (Å²) in [7, 11) is 3.85. The van der Waals surface area contributed by atoms with Gasteiger partial charge in [-0.05, 0) is 36.9 Å². The van der Waals surface area contributed by atoms with E-state index < -0.39 is 0 Å². The van der Waals surface area contributed by atoms with Crippen molar-refractivity contribution in [3.05, 3.63) is 66.9 Å². The number of piperazine rings is 1. The summed E-state index contributed by atoms with van der Waals surface area (Å²) in [6.45, 7) is 4.13. The third kappa shape index (κ3) is 4.40. The van der Waals surface area contributed by atoms with Crippen LogP contribution in [0.25, 0.3) is 22.0 Å². The molecule has 1 aromatic heterocycles. The number of benzene rings is 3. The molecular weight excluding hydrogens is 412 g/mol. The Balaban J connectivity index is 1.46. The molecule has 7 nitrogen and oxygen atoms in total. The third-order valence-electron chi connectivity index (χ3n) is 6.11. The Morgan fingerprint density at radius 1 is 0.970 bits per heavy atom. The normalized spacial score (nSPS) is 14.4. The molecular formula is C26H28N6O. The molecule has 33 heavy (non-hydrogen) atoms. The van der Waals surface area contributed by atoms with Crippen molar-refractivity contribution < 1.29 is 4.74 Å². The number of nitrogens with one attached hydrogen (secondary N) is 1. The van der Waals surface area contributed by atoms with Gasteiger partial charge in [0, 0.05) is 60.8 Å². The number of para-hydroxylation sites is 1. The maximum Gasteiger partial charge on any atom is 0.227 e. The summed E-state index contributed by atoms with van der Waals surface area (Å²) in [4.78, 5) is 14.1. The van der Waals surface area contributed by atoms with Crippen LogP contribution in [0.3, 0.4) is 0 Å². The smallest absolute Gasteiger partial charge is 0.227 e. The Bertz CT molecular complexity index is 1280. The van der Waals surface area contributed by atoms with Crippen molar-refractivity contribution in [2.75, 3.05) is 56.3 Å². The monoisotopic (exact) mass is 440 g/mol. The number of nitrogens with two attached hydrogens (primary N) is 1. The molecule has 4 aromatic rings. The standard InChI is InChI=1S/C26H28N6O/c1-31-11-13-32(14-12-31)21-9-10-23(24(16-21)33-2)29-26-28-17-19-6-4-8-22(25(19)30-26)18-5-3-7-20(27)15-18/h3-10,15-17H,11-14,27H2,1-2H3,(H,28,29,30). The molecule has 1 fully saturated rings. The van der Waals surface area contributed by atoms with Gasteiger partial charge in [-0.15, -0.1) is 0 Å². The number of methoxy groups -OCH3 is 1. The molecule has 3 N–H and O–H groups in total. The van der Waals surface area contributed by atoms with Crippen LogP contribution in [-0.2, 0) is 0 Å². The van der Waals surface area contributed by atoms with Gasteiger partial charge in [-0.2, -0.15) is 0 Å². The lowest BCUT2D eigenvalue weighted by molar-refractivity contribution is 0.312. The predicted molar refractivity (Wildman–Crippen MR) is 135 cm³/mol. The van der Waals surface area contributed by atoms with Gasteiger partial charge < -0.3 is 25.6 Å². The molecule has 2 heterocycles. The first-order valence-corrected chi connectivity index (χ1v) is 11.1. The minimum Gasteiger partial charge on any atom is -0.494 e. The maximum absolute atomic E-state index is 6.01. The Kier molecular flexibility index (Phi) is 5.71. The van der Waals surface area contributed by atoms with E-state index in [9.17, 15) is 0 Å². The minimum absolute atomic E-state index is 0.518. The molecule has 5 rings (SSSR count). The van der Waals surface area contributed by atoms with E-state index >= 15 is 0 Å². The van der Waals surface area contributed by atoms with E-state index in [0.29, 0.717) is 5.95 Å². The number of ether oxygens (including phenoxy) is 1. The number of rotatable bonds is 5. The maximum atomic E-state index is 6.01. The van der Waals surface area contributed by atoms with E-state index in [4.69, 9.17) is 15.5 Å². The Labute approximate surface area is 193 Å².